The number of benzene rings is 1. The molecule has 0 bridgehead atoms. The number of rotatable bonds is 3. The van der Waals surface area contributed by atoms with Gasteiger partial charge in [-0.15, -0.1) is 11.3 Å². The Labute approximate surface area is 204 Å². The van der Waals surface area contributed by atoms with E-state index in [9.17, 15) is 31.2 Å². The summed E-state index contributed by atoms with van der Waals surface area (Å²) in [6, 6.07) is 5.00. The van der Waals surface area contributed by atoms with Gasteiger partial charge in [0.1, 0.15) is 5.00 Å². The molecule has 1 aliphatic rings. The van der Waals surface area contributed by atoms with Crippen molar-refractivity contribution in [3.8, 4) is 6.07 Å². The molecule has 3 rings (SSSR count). The number of hydrogen-bond acceptors (Lipinski definition) is 6. The Morgan fingerprint density at radius 3 is 2.26 bits per heavy atom. The molecule has 1 aliphatic heterocycles. The first-order valence-electron chi connectivity index (χ1n) is 10.4. The number of carbonyl (C=O) groups excluding carboxylic acids is 2. The summed E-state index contributed by atoms with van der Waals surface area (Å²) < 4.78 is 63.7. The SMILES string of the molecule is CC(C)(C)c1cc(C(=O)N2CCS(=O)(=O)CC2)c(NC(=O)Nc2ccc(C#N)cc2C(F)(F)F)s1. The van der Waals surface area contributed by atoms with Crippen LogP contribution in [0.2, 0.25) is 0 Å². The topological polar surface area (TPSA) is 119 Å². The standard InChI is InChI=1S/C22H23F3N4O4S2/c1-21(2,3)17-11-14(19(30)29-6-8-35(32,33)9-7-29)18(34-17)28-20(31)27-16-5-4-13(12-26)10-15(16)22(23,24)25/h4-5,10-11H,6-9H2,1-3H3,(H2,27,28,31). The van der Waals surface area contributed by atoms with Crippen LogP contribution in [0.25, 0.3) is 0 Å². The van der Waals surface area contributed by atoms with Gasteiger partial charge in [0.15, 0.2) is 9.84 Å². The highest BCUT2D eigenvalue weighted by Gasteiger charge is 2.35. The molecule has 0 spiro atoms. The van der Waals surface area contributed by atoms with Crippen LogP contribution >= 0.6 is 11.3 Å². The lowest BCUT2D eigenvalue weighted by molar-refractivity contribution is -0.136. The number of amides is 3. The first-order valence-corrected chi connectivity index (χ1v) is 13.1. The zero-order valence-electron chi connectivity index (χ0n) is 19.1. The molecule has 1 aromatic carbocycles. The second-order valence-corrected chi connectivity index (χ2v) is 12.4. The number of thiophene rings is 1. The number of carbonyl (C=O) groups is 2. The summed E-state index contributed by atoms with van der Waals surface area (Å²) in [6.45, 7) is 5.71. The first-order chi connectivity index (χ1) is 16.1. The van der Waals surface area contributed by atoms with Crippen LogP contribution in [0.4, 0.5) is 28.7 Å². The predicted molar refractivity (Wildman–Crippen MR) is 126 cm³/mol. The number of urea groups is 1. The lowest BCUT2D eigenvalue weighted by atomic mass is 9.94. The minimum Gasteiger partial charge on any atom is -0.337 e. The normalized spacial score (nSPS) is 15.9. The molecule has 13 heteroatoms. The largest absolute Gasteiger partial charge is 0.418 e. The molecule has 35 heavy (non-hydrogen) atoms. The highest BCUT2D eigenvalue weighted by molar-refractivity contribution is 7.91. The molecule has 0 radical (unpaired) electrons. The summed E-state index contributed by atoms with van der Waals surface area (Å²) in [5.74, 6) is -0.815. The molecule has 0 atom stereocenters. The van der Waals surface area contributed by atoms with Gasteiger partial charge in [-0.3, -0.25) is 10.1 Å². The van der Waals surface area contributed by atoms with E-state index in [1.54, 1.807) is 12.1 Å². The molecule has 2 heterocycles. The Kier molecular flexibility index (Phi) is 7.19. The zero-order chi connectivity index (χ0) is 26.2. The van der Waals surface area contributed by atoms with Crippen LogP contribution in [0.15, 0.2) is 24.3 Å². The lowest BCUT2D eigenvalue weighted by Gasteiger charge is -2.26. The quantitative estimate of drug-likeness (QED) is 0.610. The summed E-state index contributed by atoms with van der Waals surface area (Å²) in [7, 11) is -3.22. The van der Waals surface area contributed by atoms with Crippen molar-refractivity contribution in [2.75, 3.05) is 35.2 Å². The lowest BCUT2D eigenvalue weighted by Crippen LogP contribution is -2.43. The van der Waals surface area contributed by atoms with Gasteiger partial charge in [-0.05, 0) is 29.7 Å². The number of nitrogens with one attached hydrogen (secondary N) is 2. The summed E-state index contributed by atoms with van der Waals surface area (Å²) in [6.07, 6.45) is -4.81. The number of sulfone groups is 1. The van der Waals surface area contributed by atoms with Crippen LogP contribution in [0.3, 0.4) is 0 Å². The molecular weight excluding hydrogens is 505 g/mol. The molecule has 8 nitrogen and oxygen atoms in total. The average molecular weight is 529 g/mol. The summed E-state index contributed by atoms with van der Waals surface area (Å²) in [4.78, 5) is 27.9. The Hall–Kier alpha value is -3.11. The third-order valence-electron chi connectivity index (χ3n) is 5.26. The van der Waals surface area contributed by atoms with Crippen LogP contribution < -0.4 is 10.6 Å². The van der Waals surface area contributed by atoms with Gasteiger partial charge in [-0.2, -0.15) is 18.4 Å². The van der Waals surface area contributed by atoms with Gasteiger partial charge >= 0.3 is 12.2 Å². The predicted octanol–water partition coefficient (Wildman–Crippen LogP) is 4.45. The van der Waals surface area contributed by atoms with Crippen molar-refractivity contribution in [2.45, 2.75) is 32.4 Å². The first kappa shape index (κ1) is 26.5. The third kappa shape index (κ3) is 6.32. The van der Waals surface area contributed by atoms with E-state index in [2.05, 4.69) is 10.6 Å². The van der Waals surface area contributed by atoms with Crippen LogP contribution in [0.5, 0.6) is 0 Å². The maximum Gasteiger partial charge on any atom is 0.418 e. The van der Waals surface area contributed by atoms with Gasteiger partial charge in [-0.25, -0.2) is 13.2 Å². The minimum atomic E-state index is -4.81. The average Bonchev–Trinajstić information content (AvgIpc) is 3.17. The Bertz CT molecular complexity index is 1290. The molecular formula is C22H23F3N4O4S2. The zero-order valence-corrected chi connectivity index (χ0v) is 20.7. The van der Waals surface area contributed by atoms with E-state index in [0.717, 1.165) is 28.3 Å². The van der Waals surface area contributed by atoms with Crippen molar-refractivity contribution >= 4 is 43.8 Å². The molecule has 1 saturated heterocycles. The molecule has 2 aromatic rings. The number of nitriles is 1. The highest BCUT2D eigenvalue weighted by Crippen LogP contribution is 2.38. The Balaban J connectivity index is 1.89. The van der Waals surface area contributed by atoms with Crippen molar-refractivity contribution in [3.63, 3.8) is 0 Å². The van der Waals surface area contributed by atoms with Crippen LogP contribution in [-0.2, 0) is 21.4 Å². The summed E-state index contributed by atoms with van der Waals surface area (Å²) in [5.41, 5.74) is -2.20. The van der Waals surface area contributed by atoms with Crippen LogP contribution in [0, 0.1) is 11.3 Å². The highest BCUT2D eigenvalue weighted by atomic mass is 32.2. The smallest absolute Gasteiger partial charge is 0.337 e. The maximum atomic E-state index is 13.4. The molecule has 0 aliphatic carbocycles. The second kappa shape index (κ2) is 9.50. The fourth-order valence-corrected chi connectivity index (χ4v) is 5.62. The molecule has 2 N–H and O–H groups in total. The van der Waals surface area contributed by atoms with Crippen molar-refractivity contribution in [3.05, 3.63) is 45.8 Å². The van der Waals surface area contributed by atoms with E-state index in [1.165, 1.54) is 4.90 Å². The number of nitrogens with zero attached hydrogens (tertiary/aromatic N) is 2. The van der Waals surface area contributed by atoms with E-state index in [0.29, 0.717) is 6.07 Å². The molecule has 3 amide bonds. The minimum absolute atomic E-state index is 0.00762. The molecule has 0 unspecified atom stereocenters. The van der Waals surface area contributed by atoms with Gasteiger partial charge in [-0.1, -0.05) is 20.8 Å². The van der Waals surface area contributed by atoms with Crippen molar-refractivity contribution in [1.82, 2.24) is 4.90 Å². The van der Waals surface area contributed by atoms with E-state index in [-0.39, 0.29) is 40.7 Å². The van der Waals surface area contributed by atoms with E-state index < -0.39 is 44.6 Å². The molecule has 0 saturated carbocycles. The Morgan fingerprint density at radius 2 is 1.71 bits per heavy atom. The number of hydrogen-bond donors (Lipinski definition) is 2. The van der Waals surface area contributed by atoms with E-state index >= 15 is 0 Å². The van der Waals surface area contributed by atoms with Crippen molar-refractivity contribution < 1.29 is 31.2 Å². The number of anilines is 2. The maximum absolute atomic E-state index is 13.4. The fourth-order valence-electron chi connectivity index (χ4n) is 3.31. The van der Waals surface area contributed by atoms with Crippen molar-refractivity contribution in [2.24, 2.45) is 0 Å². The van der Waals surface area contributed by atoms with Gasteiger partial charge in [0.05, 0.1) is 40.0 Å². The molecule has 1 fully saturated rings. The van der Waals surface area contributed by atoms with Crippen molar-refractivity contribution in [1.29, 1.82) is 5.26 Å². The van der Waals surface area contributed by atoms with Gasteiger partial charge in [0.2, 0.25) is 0 Å². The van der Waals surface area contributed by atoms with Gasteiger partial charge in [0, 0.05) is 18.0 Å². The van der Waals surface area contributed by atoms with Gasteiger partial charge < -0.3 is 10.2 Å². The van der Waals surface area contributed by atoms with Crippen LogP contribution in [-0.4, -0.2) is 49.9 Å². The molecule has 1 aromatic heterocycles. The number of alkyl halides is 3. The molecule has 188 valence electrons. The number of halogens is 3. The van der Waals surface area contributed by atoms with Crippen LogP contribution in [0.1, 0.15) is 47.1 Å². The van der Waals surface area contributed by atoms with E-state index in [4.69, 9.17) is 5.26 Å². The summed E-state index contributed by atoms with van der Waals surface area (Å²) >= 11 is 1.11. The monoisotopic (exact) mass is 528 g/mol. The second-order valence-electron chi connectivity index (χ2n) is 9.00. The third-order valence-corrected chi connectivity index (χ3v) is 8.35. The van der Waals surface area contributed by atoms with E-state index in [1.807, 2.05) is 20.8 Å². The Morgan fingerprint density at radius 1 is 1.09 bits per heavy atom. The summed E-state index contributed by atoms with van der Waals surface area (Å²) in [5, 5.41) is 13.6. The fraction of sp³-hybridized carbons (Fsp3) is 0.409. The van der Waals surface area contributed by atoms with Gasteiger partial charge in [0.25, 0.3) is 5.91 Å².